The van der Waals surface area contributed by atoms with Crippen LogP contribution in [-0.2, 0) is 12.8 Å². The largest absolute Gasteiger partial charge is 0.339 e. The second kappa shape index (κ2) is 6.85. The maximum absolute atomic E-state index is 5.34. The van der Waals surface area contributed by atoms with E-state index in [4.69, 9.17) is 4.52 Å². The maximum atomic E-state index is 5.34. The van der Waals surface area contributed by atoms with Gasteiger partial charge in [0, 0.05) is 25.4 Å². The fraction of sp³-hybridized carbons (Fsp3) is 0.846. The zero-order chi connectivity index (χ0) is 12.8. The van der Waals surface area contributed by atoms with Gasteiger partial charge < -0.3 is 14.7 Å². The summed E-state index contributed by atoms with van der Waals surface area (Å²) >= 11 is 0. The molecule has 0 saturated carbocycles. The van der Waals surface area contributed by atoms with Crippen molar-refractivity contribution in [3.05, 3.63) is 11.7 Å². The SMILES string of the molecule is CCN1CCCCC1Cc1nc(CCNC)no1. The molecular weight excluding hydrogens is 228 g/mol. The van der Waals surface area contributed by atoms with Crippen molar-refractivity contribution < 1.29 is 4.52 Å². The van der Waals surface area contributed by atoms with Crippen LogP contribution >= 0.6 is 0 Å². The first-order valence-corrected chi connectivity index (χ1v) is 7.03. The summed E-state index contributed by atoms with van der Waals surface area (Å²) in [6, 6.07) is 0.585. The molecular formula is C13H24N4O. The molecule has 18 heavy (non-hydrogen) atoms. The predicted octanol–water partition coefficient (Wildman–Crippen LogP) is 1.25. The Morgan fingerprint density at radius 3 is 3.11 bits per heavy atom. The molecule has 0 spiro atoms. The Kier molecular flexibility index (Phi) is 5.13. The normalized spacial score (nSPS) is 21.3. The van der Waals surface area contributed by atoms with E-state index in [2.05, 4.69) is 27.3 Å². The van der Waals surface area contributed by atoms with Crippen molar-refractivity contribution >= 4 is 0 Å². The number of nitrogens with zero attached hydrogens (tertiary/aromatic N) is 3. The van der Waals surface area contributed by atoms with Crippen molar-refractivity contribution in [3.63, 3.8) is 0 Å². The van der Waals surface area contributed by atoms with E-state index in [-0.39, 0.29) is 0 Å². The van der Waals surface area contributed by atoms with Gasteiger partial charge in [-0.15, -0.1) is 0 Å². The lowest BCUT2D eigenvalue weighted by atomic mass is 9.99. The van der Waals surface area contributed by atoms with Crippen LogP contribution in [0.1, 0.15) is 37.9 Å². The summed E-state index contributed by atoms with van der Waals surface area (Å²) in [5.74, 6) is 1.62. The average Bonchev–Trinajstić information content (AvgIpc) is 2.84. The van der Waals surface area contributed by atoms with Crippen molar-refractivity contribution in [3.8, 4) is 0 Å². The van der Waals surface area contributed by atoms with Crippen molar-refractivity contribution in [2.75, 3.05) is 26.7 Å². The van der Waals surface area contributed by atoms with Crippen LogP contribution in [-0.4, -0.2) is 47.8 Å². The topological polar surface area (TPSA) is 54.2 Å². The fourth-order valence-corrected chi connectivity index (χ4v) is 2.62. The van der Waals surface area contributed by atoms with E-state index >= 15 is 0 Å². The molecule has 2 heterocycles. The van der Waals surface area contributed by atoms with Crippen LogP contribution in [0.2, 0.25) is 0 Å². The molecule has 2 rings (SSSR count). The Morgan fingerprint density at radius 1 is 1.44 bits per heavy atom. The minimum absolute atomic E-state index is 0.585. The first kappa shape index (κ1) is 13.5. The van der Waals surface area contributed by atoms with Gasteiger partial charge in [-0.1, -0.05) is 18.5 Å². The van der Waals surface area contributed by atoms with Crippen LogP contribution < -0.4 is 5.32 Å². The van der Waals surface area contributed by atoms with E-state index in [1.165, 1.54) is 25.8 Å². The Morgan fingerprint density at radius 2 is 2.33 bits per heavy atom. The van der Waals surface area contributed by atoms with Gasteiger partial charge in [0.1, 0.15) is 0 Å². The van der Waals surface area contributed by atoms with Gasteiger partial charge in [-0.05, 0) is 33.0 Å². The standard InChI is InChI=1S/C13H24N4O/c1-3-17-9-5-4-6-11(17)10-13-15-12(16-18-13)7-8-14-2/h11,14H,3-10H2,1-2H3. The minimum atomic E-state index is 0.585. The first-order valence-electron chi connectivity index (χ1n) is 7.03. The van der Waals surface area contributed by atoms with Crippen LogP contribution in [0.25, 0.3) is 0 Å². The third-order valence-electron chi connectivity index (χ3n) is 3.67. The molecule has 0 amide bonds. The van der Waals surface area contributed by atoms with Gasteiger partial charge in [-0.2, -0.15) is 4.98 Å². The molecule has 1 aliphatic rings. The zero-order valence-electron chi connectivity index (χ0n) is 11.5. The van der Waals surface area contributed by atoms with Gasteiger partial charge in [0.25, 0.3) is 0 Å². The molecule has 1 saturated heterocycles. The summed E-state index contributed by atoms with van der Waals surface area (Å²) in [4.78, 5) is 6.99. The van der Waals surface area contributed by atoms with E-state index < -0.39 is 0 Å². The second-order valence-electron chi connectivity index (χ2n) is 4.94. The molecule has 0 aromatic carbocycles. The highest BCUT2D eigenvalue weighted by Crippen LogP contribution is 2.19. The molecule has 1 aromatic heterocycles. The smallest absolute Gasteiger partial charge is 0.228 e. The highest BCUT2D eigenvalue weighted by Gasteiger charge is 2.23. The average molecular weight is 252 g/mol. The molecule has 1 fully saturated rings. The van der Waals surface area contributed by atoms with Gasteiger partial charge in [0.2, 0.25) is 5.89 Å². The lowest BCUT2D eigenvalue weighted by Crippen LogP contribution is -2.40. The zero-order valence-corrected chi connectivity index (χ0v) is 11.5. The Labute approximate surface area is 109 Å². The van der Waals surface area contributed by atoms with Crippen LogP contribution in [0.5, 0.6) is 0 Å². The molecule has 1 atom stereocenters. The number of piperidine rings is 1. The molecule has 1 unspecified atom stereocenters. The molecule has 1 aromatic rings. The number of likely N-dealkylation sites (N-methyl/N-ethyl adjacent to an activating group) is 2. The summed E-state index contributed by atoms with van der Waals surface area (Å²) in [5.41, 5.74) is 0. The minimum Gasteiger partial charge on any atom is -0.339 e. The molecule has 5 heteroatoms. The van der Waals surface area contributed by atoms with E-state index in [1.807, 2.05) is 7.05 Å². The van der Waals surface area contributed by atoms with Crippen molar-refractivity contribution in [2.24, 2.45) is 0 Å². The molecule has 0 bridgehead atoms. The van der Waals surface area contributed by atoms with E-state index in [0.717, 1.165) is 37.6 Å². The summed E-state index contributed by atoms with van der Waals surface area (Å²) in [5, 5.41) is 7.12. The number of nitrogens with one attached hydrogen (secondary N) is 1. The number of aromatic nitrogens is 2. The summed E-state index contributed by atoms with van der Waals surface area (Å²) in [6.45, 7) is 5.45. The van der Waals surface area contributed by atoms with Gasteiger partial charge in [0.05, 0.1) is 0 Å². The Balaban J connectivity index is 1.89. The summed E-state index contributed by atoms with van der Waals surface area (Å²) in [6.07, 6.45) is 5.63. The van der Waals surface area contributed by atoms with E-state index in [9.17, 15) is 0 Å². The molecule has 0 aliphatic carbocycles. The lowest BCUT2D eigenvalue weighted by Gasteiger charge is -2.33. The first-order chi connectivity index (χ1) is 8.83. The van der Waals surface area contributed by atoms with Gasteiger partial charge in [-0.25, -0.2) is 0 Å². The maximum Gasteiger partial charge on any atom is 0.228 e. The molecule has 1 aliphatic heterocycles. The molecule has 0 radical (unpaired) electrons. The molecule has 1 N–H and O–H groups in total. The monoisotopic (exact) mass is 252 g/mol. The number of likely N-dealkylation sites (tertiary alicyclic amines) is 1. The van der Waals surface area contributed by atoms with Crippen molar-refractivity contribution in [2.45, 2.75) is 45.1 Å². The van der Waals surface area contributed by atoms with E-state index in [0.29, 0.717) is 6.04 Å². The highest BCUT2D eigenvalue weighted by atomic mass is 16.5. The highest BCUT2D eigenvalue weighted by molar-refractivity contribution is 4.91. The third kappa shape index (κ3) is 3.53. The molecule has 102 valence electrons. The van der Waals surface area contributed by atoms with E-state index in [1.54, 1.807) is 0 Å². The quantitative estimate of drug-likeness (QED) is 0.825. The Bertz CT molecular complexity index is 353. The third-order valence-corrected chi connectivity index (χ3v) is 3.67. The van der Waals surface area contributed by atoms with Gasteiger partial charge >= 0.3 is 0 Å². The number of rotatable bonds is 6. The second-order valence-corrected chi connectivity index (χ2v) is 4.94. The van der Waals surface area contributed by atoms with Gasteiger partial charge in [-0.3, -0.25) is 0 Å². The number of hydrogen-bond donors (Lipinski definition) is 1. The van der Waals surface area contributed by atoms with Crippen molar-refractivity contribution in [1.82, 2.24) is 20.4 Å². The summed E-state index contributed by atoms with van der Waals surface area (Å²) < 4.78 is 5.34. The van der Waals surface area contributed by atoms with Crippen LogP contribution in [0.4, 0.5) is 0 Å². The van der Waals surface area contributed by atoms with Crippen LogP contribution in [0, 0.1) is 0 Å². The van der Waals surface area contributed by atoms with Crippen LogP contribution in [0.3, 0.4) is 0 Å². The summed E-state index contributed by atoms with van der Waals surface area (Å²) in [7, 11) is 1.93. The fourth-order valence-electron chi connectivity index (χ4n) is 2.62. The Hall–Kier alpha value is -0.940. The van der Waals surface area contributed by atoms with Crippen molar-refractivity contribution in [1.29, 1.82) is 0 Å². The molecule has 5 nitrogen and oxygen atoms in total. The van der Waals surface area contributed by atoms with Crippen LogP contribution in [0.15, 0.2) is 4.52 Å². The lowest BCUT2D eigenvalue weighted by molar-refractivity contribution is 0.146. The number of hydrogen-bond acceptors (Lipinski definition) is 5. The predicted molar refractivity (Wildman–Crippen MR) is 70.5 cm³/mol. The van der Waals surface area contributed by atoms with Gasteiger partial charge in [0.15, 0.2) is 5.82 Å².